The monoisotopic (exact) mass is 234 g/mol. The van der Waals surface area contributed by atoms with Crippen molar-refractivity contribution in [1.82, 2.24) is 0 Å². The van der Waals surface area contributed by atoms with Crippen LogP contribution in [0.2, 0.25) is 0 Å². The molecule has 0 spiro atoms. The predicted molar refractivity (Wildman–Crippen MR) is 73.0 cm³/mol. The highest BCUT2D eigenvalue weighted by Gasteiger charge is 2.27. The van der Waals surface area contributed by atoms with Gasteiger partial charge in [-0.3, -0.25) is 0 Å². The molecular weight excluding hydrogens is 208 g/mol. The first-order valence-corrected chi connectivity index (χ1v) is 7.07. The maximum absolute atomic E-state index is 6.27. The molecule has 4 atom stereocenters. The van der Waals surface area contributed by atoms with Crippen molar-refractivity contribution in [3.05, 3.63) is 24.3 Å². The first-order valence-electron chi connectivity index (χ1n) is 7.07. The van der Waals surface area contributed by atoms with E-state index in [4.69, 9.17) is 4.74 Å². The molecule has 4 unspecified atom stereocenters. The van der Waals surface area contributed by atoms with E-state index in [0.29, 0.717) is 24.0 Å². The van der Waals surface area contributed by atoms with Gasteiger partial charge in [0.2, 0.25) is 0 Å². The molecule has 0 aromatic rings. The molecule has 1 nitrogen and oxygen atoms in total. The highest BCUT2D eigenvalue weighted by molar-refractivity contribution is 5.06. The van der Waals surface area contributed by atoms with E-state index in [-0.39, 0.29) is 0 Å². The topological polar surface area (TPSA) is 9.23 Å². The van der Waals surface area contributed by atoms with Gasteiger partial charge in [-0.15, -0.1) is 0 Å². The third-order valence-corrected chi connectivity index (χ3v) is 4.59. The molecule has 1 heteroatoms. The summed E-state index contributed by atoms with van der Waals surface area (Å²) in [5.74, 6) is 1.33. The van der Waals surface area contributed by atoms with Crippen LogP contribution in [-0.2, 0) is 4.74 Å². The van der Waals surface area contributed by atoms with Crippen molar-refractivity contribution in [2.75, 3.05) is 0 Å². The smallest absolute Gasteiger partial charge is 0.0616 e. The SMILES string of the molecule is C=C1CC(OC2CCC(=C)C(C)C2)CCC1C. The van der Waals surface area contributed by atoms with Crippen molar-refractivity contribution in [3.8, 4) is 0 Å². The molecule has 0 amide bonds. The second-order valence-electron chi connectivity index (χ2n) is 6.05. The highest BCUT2D eigenvalue weighted by atomic mass is 16.5. The molecule has 0 aliphatic heterocycles. The number of ether oxygens (including phenoxy) is 1. The van der Waals surface area contributed by atoms with E-state index >= 15 is 0 Å². The Morgan fingerprint density at radius 1 is 0.941 bits per heavy atom. The summed E-state index contributed by atoms with van der Waals surface area (Å²) in [4.78, 5) is 0. The normalized spacial score (nSPS) is 39.4. The van der Waals surface area contributed by atoms with Gasteiger partial charge >= 0.3 is 0 Å². The van der Waals surface area contributed by atoms with Gasteiger partial charge in [0.05, 0.1) is 12.2 Å². The van der Waals surface area contributed by atoms with Crippen LogP contribution in [0, 0.1) is 11.8 Å². The van der Waals surface area contributed by atoms with Crippen molar-refractivity contribution in [2.24, 2.45) is 11.8 Å². The Morgan fingerprint density at radius 3 is 2.35 bits per heavy atom. The van der Waals surface area contributed by atoms with Crippen LogP contribution in [0.25, 0.3) is 0 Å². The first-order chi connectivity index (χ1) is 8.06. The quantitative estimate of drug-likeness (QED) is 0.639. The summed E-state index contributed by atoms with van der Waals surface area (Å²) in [7, 11) is 0. The summed E-state index contributed by atoms with van der Waals surface area (Å²) >= 11 is 0. The maximum atomic E-state index is 6.27. The summed E-state index contributed by atoms with van der Waals surface area (Å²) in [6.45, 7) is 12.9. The molecule has 0 radical (unpaired) electrons. The first kappa shape index (κ1) is 12.9. The van der Waals surface area contributed by atoms with Crippen LogP contribution >= 0.6 is 0 Å². The second-order valence-corrected chi connectivity index (χ2v) is 6.05. The van der Waals surface area contributed by atoms with Crippen molar-refractivity contribution in [1.29, 1.82) is 0 Å². The van der Waals surface area contributed by atoms with Gasteiger partial charge in [-0.25, -0.2) is 0 Å². The molecule has 0 saturated heterocycles. The van der Waals surface area contributed by atoms with Gasteiger partial charge in [0.15, 0.2) is 0 Å². The zero-order chi connectivity index (χ0) is 12.4. The van der Waals surface area contributed by atoms with Gasteiger partial charge in [-0.2, -0.15) is 0 Å². The lowest BCUT2D eigenvalue weighted by atomic mass is 9.83. The van der Waals surface area contributed by atoms with Crippen LogP contribution in [-0.4, -0.2) is 12.2 Å². The highest BCUT2D eigenvalue weighted by Crippen LogP contribution is 2.34. The van der Waals surface area contributed by atoms with E-state index in [0.717, 1.165) is 19.3 Å². The predicted octanol–water partition coefficient (Wildman–Crippen LogP) is 4.49. The third kappa shape index (κ3) is 3.22. The number of rotatable bonds is 2. The molecule has 2 rings (SSSR count). The van der Waals surface area contributed by atoms with Crippen molar-refractivity contribution >= 4 is 0 Å². The van der Waals surface area contributed by atoms with Gasteiger partial charge in [-0.05, 0) is 50.4 Å². The summed E-state index contributed by atoms with van der Waals surface area (Å²) < 4.78 is 6.27. The Bertz CT molecular complexity index is 305. The summed E-state index contributed by atoms with van der Waals surface area (Å²) in [6, 6.07) is 0. The average Bonchev–Trinajstić information content (AvgIpc) is 2.29. The number of hydrogen-bond acceptors (Lipinski definition) is 1. The molecule has 0 aromatic carbocycles. The van der Waals surface area contributed by atoms with Gasteiger partial charge in [0, 0.05) is 0 Å². The van der Waals surface area contributed by atoms with Gasteiger partial charge < -0.3 is 4.74 Å². The summed E-state index contributed by atoms with van der Waals surface area (Å²) in [5.41, 5.74) is 2.79. The average molecular weight is 234 g/mol. The Kier molecular flexibility index (Phi) is 4.09. The van der Waals surface area contributed by atoms with E-state index in [1.807, 2.05) is 0 Å². The minimum absolute atomic E-state index is 0.433. The fourth-order valence-electron chi connectivity index (χ4n) is 3.02. The van der Waals surface area contributed by atoms with Crippen LogP contribution in [0.1, 0.15) is 52.4 Å². The van der Waals surface area contributed by atoms with Crippen LogP contribution in [0.15, 0.2) is 24.3 Å². The second kappa shape index (κ2) is 5.39. The molecule has 2 saturated carbocycles. The molecule has 2 aliphatic rings. The minimum atomic E-state index is 0.433. The Labute approximate surface area is 106 Å². The van der Waals surface area contributed by atoms with E-state index in [1.165, 1.54) is 30.4 Å². The zero-order valence-corrected chi connectivity index (χ0v) is 11.4. The Morgan fingerprint density at radius 2 is 1.71 bits per heavy atom. The summed E-state index contributed by atoms with van der Waals surface area (Å²) in [6.07, 6.45) is 7.91. The Hall–Kier alpha value is -0.560. The lowest BCUT2D eigenvalue weighted by Gasteiger charge is -2.35. The molecule has 17 heavy (non-hydrogen) atoms. The van der Waals surface area contributed by atoms with Crippen LogP contribution < -0.4 is 0 Å². The maximum Gasteiger partial charge on any atom is 0.0616 e. The van der Waals surface area contributed by atoms with E-state index < -0.39 is 0 Å². The standard InChI is InChI=1S/C16H26O/c1-11-5-7-15(9-13(11)3)17-16-8-6-12(2)14(4)10-16/h12-13,15-16H,1,4-10H2,2-3H3. The molecule has 96 valence electrons. The summed E-state index contributed by atoms with van der Waals surface area (Å²) in [5, 5.41) is 0. The fraction of sp³-hybridized carbons (Fsp3) is 0.750. The fourth-order valence-corrected chi connectivity index (χ4v) is 3.02. The molecule has 0 N–H and O–H groups in total. The lowest BCUT2D eigenvalue weighted by molar-refractivity contribution is -0.0424. The third-order valence-electron chi connectivity index (χ3n) is 4.59. The molecular formula is C16H26O. The zero-order valence-electron chi connectivity index (χ0n) is 11.4. The Balaban J connectivity index is 1.81. The van der Waals surface area contributed by atoms with Crippen LogP contribution in [0.5, 0.6) is 0 Å². The van der Waals surface area contributed by atoms with E-state index in [2.05, 4.69) is 27.0 Å². The van der Waals surface area contributed by atoms with Crippen molar-refractivity contribution in [3.63, 3.8) is 0 Å². The molecule has 0 heterocycles. The van der Waals surface area contributed by atoms with Crippen molar-refractivity contribution < 1.29 is 4.74 Å². The number of allylic oxidation sites excluding steroid dienone is 1. The lowest BCUT2D eigenvalue weighted by Crippen LogP contribution is -2.30. The molecule has 2 aliphatic carbocycles. The van der Waals surface area contributed by atoms with Gasteiger partial charge in [-0.1, -0.05) is 38.2 Å². The van der Waals surface area contributed by atoms with Crippen LogP contribution in [0.4, 0.5) is 0 Å². The molecule has 2 fully saturated rings. The minimum Gasteiger partial charge on any atom is -0.375 e. The largest absolute Gasteiger partial charge is 0.375 e. The van der Waals surface area contributed by atoms with Crippen molar-refractivity contribution in [2.45, 2.75) is 64.6 Å². The molecule has 0 aromatic heterocycles. The van der Waals surface area contributed by atoms with Gasteiger partial charge in [0.1, 0.15) is 0 Å². The number of hydrogen-bond donors (Lipinski definition) is 0. The van der Waals surface area contributed by atoms with E-state index in [9.17, 15) is 0 Å². The van der Waals surface area contributed by atoms with Gasteiger partial charge in [0.25, 0.3) is 0 Å². The van der Waals surface area contributed by atoms with Crippen LogP contribution in [0.3, 0.4) is 0 Å². The molecule has 0 bridgehead atoms. The van der Waals surface area contributed by atoms with E-state index in [1.54, 1.807) is 0 Å².